The lowest BCUT2D eigenvalue weighted by atomic mass is 9.41. The van der Waals surface area contributed by atoms with Gasteiger partial charge in [-0.3, -0.25) is 0 Å². The molecule has 80 valence electrons. The number of hydrogen-bond donors (Lipinski definition) is 0. The monoisotopic (exact) mass is 276 g/mol. The molecular formula is C9H13B4BrO2. The Morgan fingerprint density at radius 1 is 1.00 bits per heavy atom. The molecule has 0 unspecified atom stereocenters. The number of hydrogen-bond acceptors (Lipinski definition) is 2. The lowest BCUT2D eigenvalue weighted by Gasteiger charge is -2.47. The molecule has 0 aliphatic carbocycles. The molecule has 1 aliphatic rings. The number of rotatable bonds is 0. The van der Waals surface area contributed by atoms with Crippen molar-refractivity contribution in [1.82, 2.24) is 0 Å². The van der Waals surface area contributed by atoms with E-state index in [9.17, 15) is 0 Å². The minimum Gasteiger partial charge on any atom is -0.499 e. The van der Waals surface area contributed by atoms with E-state index in [1.165, 1.54) is 0 Å². The Kier molecular flexibility index (Phi) is 2.65. The third-order valence-corrected chi connectivity index (χ3v) is 4.26. The summed E-state index contributed by atoms with van der Waals surface area (Å²) < 4.78 is 13.1. The van der Waals surface area contributed by atoms with Crippen molar-refractivity contribution in [1.29, 1.82) is 0 Å². The zero-order valence-electron chi connectivity index (χ0n) is 10.3. The molecule has 0 spiro atoms. The van der Waals surface area contributed by atoms with Crippen molar-refractivity contribution in [3.63, 3.8) is 0 Å². The number of halogens is 1. The molecule has 0 aromatic heterocycles. The molecule has 1 aliphatic heterocycles. The molecule has 0 bridgehead atoms. The van der Waals surface area contributed by atoms with Gasteiger partial charge in [-0.1, -0.05) is 15.9 Å². The Morgan fingerprint density at radius 2 is 1.44 bits per heavy atom. The quantitative estimate of drug-likeness (QED) is 0.530. The highest BCUT2D eigenvalue weighted by Crippen LogP contribution is 2.41. The molecule has 7 heteroatoms. The molecule has 1 heterocycles. The van der Waals surface area contributed by atoms with Gasteiger partial charge in [-0.2, -0.15) is 0 Å². The molecule has 0 fully saturated rings. The molecule has 0 amide bonds. The SMILES string of the molecule is BC1(B)Oc2cc(C)c(Br)cc2OC1(B)B. The van der Waals surface area contributed by atoms with Crippen molar-refractivity contribution in [2.45, 2.75) is 17.7 Å². The summed E-state index contributed by atoms with van der Waals surface area (Å²) in [6.45, 7) is 2.04. The van der Waals surface area contributed by atoms with Gasteiger partial charge in [-0.05, 0) is 24.6 Å². The van der Waals surface area contributed by atoms with E-state index in [2.05, 4.69) is 15.9 Å². The molecule has 0 saturated carbocycles. The van der Waals surface area contributed by atoms with E-state index in [4.69, 9.17) is 9.47 Å². The molecule has 2 nitrogen and oxygen atoms in total. The molecule has 0 saturated heterocycles. The average Bonchev–Trinajstić information content (AvgIpc) is 2.10. The smallest absolute Gasteiger partial charge is 0.160 e. The van der Waals surface area contributed by atoms with Crippen molar-refractivity contribution in [3.05, 3.63) is 22.2 Å². The van der Waals surface area contributed by atoms with Crippen LogP contribution in [-0.4, -0.2) is 42.2 Å². The minimum atomic E-state index is -0.339. The minimum absolute atomic E-state index is 0.333. The van der Waals surface area contributed by atoms with Crippen molar-refractivity contribution in [3.8, 4) is 11.5 Å². The van der Waals surface area contributed by atoms with Crippen LogP contribution >= 0.6 is 15.9 Å². The van der Waals surface area contributed by atoms with Crippen LogP contribution in [0.3, 0.4) is 0 Å². The summed E-state index contributed by atoms with van der Waals surface area (Å²) in [6, 6.07) is 3.98. The summed E-state index contributed by atoms with van der Waals surface area (Å²) in [5.74, 6) is 1.63. The molecule has 0 N–H and O–H groups in total. The van der Waals surface area contributed by atoms with Gasteiger partial charge in [0.15, 0.2) is 11.5 Å². The molecule has 1 aromatic carbocycles. The summed E-state index contributed by atoms with van der Waals surface area (Å²) in [6.07, 6.45) is 0. The van der Waals surface area contributed by atoms with Gasteiger partial charge in [0.25, 0.3) is 0 Å². The topological polar surface area (TPSA) is 18.5 Å². The van der Waals surface area contributed by atoms with E-state index in [1.54, 1.807) is 0 Å². The molecule has 0 atom stereocenters. The van der Waals surface area contributed by atoms with Crippen LogP contribution in [-0.2, 0) is 0 Å². The van der Waals surface area contributed by atoms with E-state index in [0.29, 0.717) is 0 Å². The lowest BCUT2D eigenvalue weighted by molar-refractivity contribution is 0.0616. The van der Waals surface area contributed by atoms with E-state index in [-0.39, 0.29) is 10.8 Å². The highest BCUT2D eigenvalue weighted by molar-refractivity contribution is 9.10. The van der Waals surface area contributed by atoms with Crippen molar-refractivity contribution >= 4 is 47.3 Å². The normalized spacial score (nSPS) is 20.4. The number of fused-ring (bicyclic) bond motifs is 1. The van der Waals surface area contributed by atoms with E-state index in [1.807, 2.05) is 50.4 Å². The van der Waals surface area contributed by atoms with Gasteiger partial charge in [0.2, 0.25) is 0 Å². The molecular weight excluding hydrogens is 263 g/mol. The predicted molar refractivity (Wildman–Crippen MR) is 79.8 cm³/mol. The second-order valence-corrected chi connectivity index (χ2v) is 6.13. The number of benzene rings is 1. The first kappa shape index (κ1) is 12.0. The van der Waals surface area contributed by atoms with Crippen molar-refractivity contribution in [2.24, 2.45) is 0 Å². The predicted octanol–water partition coefficient (Wildman–Crippen LogP) is -1.63. The maximum absolute atomic E-state index is 6.02. The standard InChI is InChI=1S/C9H13B4BrO2/c1-4-2-6-7(3-5(4)14)16-9(12,13)8(10,11)15-6/h2-3H,10-13H2,1H3. The first-order valence-electron chi connectivity index (χ1n) is 5.41. The van der Waals surface area contributed by atoms with Gasteiger partial charge in [0, 0.05) is 4.47 Å². The fraction of sp³-hybridized carbons (Fsp3) is 0.333. The summed E-state index contributed by atoms with van der Waals surface area (Å²) in [5.41, 5.74) is 1.15. The molecule has 2 rings (SSSR count). The third kappa shape index (κ3) is 1.79. The maximum atomic E-state index is 6.02. The van der Waals surface area contributed by atoms with Crippen LogP contribution in [0.25, 0.3) is 0 Å². The average molecular weight is 276 g/mol. The van der Waals surface area contributed by atoms with Gasteiger partial charge in [-0.25, -0.2) is 0 Å². The van der Waals surface area contributed by atoms with Gasteiger partial charge >= 0.3 is 0 Å². The number of ether oxygens (including phenoxy) is 2. The van der Waals surface area contributed by atoms with E-state index in [0.717, 1.165) is 21.5 Å². The Morgan fingerprint density at radius 3 is 1.94 bits per heavy atom. The van der Waals surface area contributed by atoms with Crippen LogP contribution in [0, 0.1) is 6.92 Å². The molecule has 16 heavy (non-hydrogen) atoms. The second-order valence-electron chi connectivity index (χ2n) is 5.27. The Balaban J connectivity index is 2.52. The fourth-order valence-electron chi connectivity index (χ4n) is 1.59. The Labute approximate surface area is 108 Å². The Bertz CT molecular complexity index is 406. The Hall–Kier alpha value is -0.440. The van der Waals surface area contributed by atoms with Gasteiger partial charge in [-0.15, -0.1) is 0 Å². The summed E-state index contributed by atoms with van der Waals surface area (Å²) in [7, 11) is 8.19. The highest BCUT2D eigenvalue weighted by Gasteiger charge is 2.44. The van der Waals surface area contributed by atoms with Crippen LogP contribution in [0.4, 0.5) is 0 Å². The van der Waals surface area contributed by atoms with E-state index >= 15 is 0 Å². The summed E-state index contributed by atoms with van der Waals surface area (Å²) in [4.78, 5) is 0. The van der Waals surface area contributed by atoms with Crippen molar-refractivity contribution < 1.29 is 9.47 Å². The van der Waals surface area contributed by atoms with Crippen LogP contribution in [0.2, 0.25) is 0 Å². The zero-order chi connectivity index (χ0) is 12.1. The first-order chi connectivity index (χ1) is 7.23. The fourth-order valence-corrected chi connectivity index (χ4v) is 1.91. The second kappa shape index (κ2) is 3.52. The van der Waals surface area contributed by atoms with Gasteiger partial charge < -0.3 is 9.47 Å². The van der Waals surface area contributed by atoms with Gasteiger partial charge in [0.05, 0.1) is 10.8 Å². The van der Waals surface area contributed by atoms with Gasteiger partial charge in [0.1, 0.15) is 31.4 Å². The zero-order valence-corrected chi connectivity index (χ0v) is 11.9. The first-order valence-corrected chi connectivity index (χ1v) is 6.20. The van der Waals surface area contributed by atoms with E-state index < -0.39 is 0 Å². The van der Waals surface area contributed by atoms with Crippen LogP contribution in [0.5, 0.6) is 11.5 Å². The molecule has 1 aromatic rings. The summed E-state index contributed by atoms with van der Waals surface area (Å²) >= 11 is 3.50. The maximum Gasteiger partial charge on any atom is 0.160 e. The van der Waals surface area contributed by atoms with Crippen LogP contribution < -0.4 is 9.47 Å². The largest absolute Gasteiger partial charge is 0.499 e. The highest BCUT2D eigenvalue weighted by atomic mass is 79.9. The van der Waals surface area contributed by atoms with Crippen molar-refractivity contribution in [2.75, 3.05) is 0 Å². The number of aryl methyl sites for hydroxylation is 1. The summed E-state index contributed by atoms with van der Waals surface area (Å²) in [5, 5.41) is -0.672. The van der Waals surface area contributed by atoms with Crippen LogP contribution in [0.15, 0.2) is 16.6 Å². The molecule has 0 radical (unpaired) electrons. The lowest BCUT2D eigenvalue weighted by Crippen LogP contribution is -2.65. The van der Waals surface area contributed by atoms with Crippen LogP contribution in [0.1, 0.15) is 5.56 Å². The third-order valence-electron chi connectivity index (χ3n) is 3.41.